The second-order valence-electron chi connectivity index (χ2n) is 4.82. The fourth-order valence-corrected chi connectivity index (χ4v) is 2.02. The lowest BCUT2D eigenvalue weighted by molar-refractivity contribution is 0.0779. The van der Waals surface area contributed by atoms with Crippen LogP contribution in [-0.4, -0.2) is 53.6 Å². The Kier molecular flexibility index (Phi) is 7.38. The van der Waals surface area contributed by atoms with Crippen LogP contribution in [0.1, 0.15) is 31.6 Å². The molecule has 0 saturated heterocycles. The number of ether oxygens (including phenoxy) is 1. The number of rotatable bonds is 9. The Labute approximate surface area is 120 Å². The minimum Gasteiger partial charge on any atom is -0.387 e. The summed E-state index contributed by atoms with van der Waals surface area (Å²) in [6, 6.07) is 0. The molecule has 1 rings (SSSR count). The Morgan fingerprint density at radius 3 is 2.84 bits per heavy atom. The standard InChI is InChI=1S/C13H24ClN3O2/c1-4-8-19-9-5-12(18)13-11(14)10-15-17(13)7-6-16(2)3/h10,12,18H,4-9H2,1-3H3. The van der Waals surface area contributed by atoms with Crippen molar-refractivity contribution in [3.8, 4) is 0 Å². The Bertz CT molecular complexity index is 369. The maximum atomic E-state index is 10.2. The van der Waals surface area contributed by atoms with Gasteiger partial charge in [-0.1, -0.05) is 18.5 Å². The van der Waals surface area contributed by atoms with Gasteiger partial charge in [0.2, 0.25) is 0 Å². The van der Waals surface area contributed by atoms with Gasteiger partial charge in [-0.2, -0.15) is 5.10 Å². The Hall–Kier alpha value is -0.620. The molecule has 1 heterocycles. The highest BCUT2D eigenvalue weighted by molar-refractivity contribution is 6.31. The van der Waals surface area contributed by atoms with Crippen LogP contribution in [0, 0.1) is 0 Å². The number of aromatic nitrogens is 2. The third kappa shape index (κ3) is 5.48. The van der Waals surface area contributed by atoms with E-state index in [0.717, 1.165) is 19.6 Å². The fourth-order valence-electron chi connectivity index (χ4n) is 1.75. The Balaban J connectivity index is 2.56. The van der Waals surface area contributed by atoms with Crippen LogP contribution in [0.3, 0.4) is 0 Å². The monoisotopic (exact) mass is 289 g/mol. The molecule has 0 aliphatic carbocycles. The molecule has 5 nitrogen and oxygen atoms in total. The van der Waals surface area contributed by atoms with Crippen LogP contribution in [0.2, 0.25) is 5.02 Å². The largest absolute Gasteiger partial charge is 0.387 e. The number of hydrogen-bond acceptors (Lipinski definition) is 4. The molecule has 0 amide bonds. The molecule has 0 aromatic carbocycles. The van der Waals surface area contributed by atoms with Crippen LogP contribution in [0.5, 0.6) is 0 Å². The van der Waals surface area contributed by atoms with Crippen LogP contribution in [0.15, 0.2) is 6.20 Å². The number of halogens is 1. The van der Waals surface area contributed by atoms with Gasteiger partial charge < -0.3 is 14.7 Å². The second kappa shape index (κ2) is 8.53. The van der Waals surface area contributed by atoms with Crippen molar-refractivity contribution in [3.05, 3.63) is 16.9 Å². The summed E-state index contributed by atoms with van der Waals surface area (Å²) in [5, 5.41) is 14.9. The highest BCUT2D eigenvalue weighted by Crippen LogP contribution is 2.25. The predicted octanol–water partition coefficient (Wildman–Crippen LogP) is 1.95. The first kappa shape index (κ1) is 16.4. The zero-order valence-electron chi connectivity index (χ0n) is 12.0. The third-order valence-corrected chi connectivity index (χ3v) is 3.08. The molecule has 1 aromatic heterocycles. The average Bonchev–Trinajstić information content (AvgIpc) is 2.73. The summed E-state index contributed by atoms with van der Waals surface area (Å²) in [4.78, 5) is 2.07. The van der Waals surface area contributed by atoms with E-state index in [0.29, 0.717) is 30.3 Å². The van der Waals surface area contributed by atoms with Crippen LogP contribution in [0.25, 0.3) is 0 Å². The van der Waals surface area contributed by atoms with E-state index >= 15 is 0 Å². The first-order valence-corrected chi connectivity index (χ1v) is 7.05. The van der Waals surface area contributed by atoms with Gasteiger partial charge in [0.1, 0.15) is 0 Å². The van der Waals surface area contributed by atoms with Crippen molar-refractivity contribution >= 4 is 11.6 Å². The predicted molar refractivity (Wildman–Crippen MR) is 76.5 cm³/mol. The van der Waals surface area contributed by atoms with Crippen molar-refractivity contribution in [1.82, 2.24) is 14.7 Å². The summed E-state index contributed by atoms with van der Waals surface area (Å²) in [5.74, 6) is 0. The second-order valence-corrected chi connectivity index (χ2v) is 5.23. The zero-order valence-corrected chi connectivity index (χ0v) is 12.7. The SMILES string of the molecule is CCCOCCC(O)c1c(Cl)cnn1CCN(C)C. The smallest absolute Gasteiger partial charge is 0.0993 e. The van der Waals surface area contributed by atoms with E-state index < -0.39 is 6.10 Å². The van der Waals surface area contributed by atoms with E-state index in [9.17, 15) is 5.11 Å². The van der Waals surface area contributed by atoms with Gasteiger partial charge >= 0.3 is 0 Å². The summed E-state index contributed by atoms with van der Waals surface area (Å²) in [6.45, 7) is 4.88. The molecule has 1 aromatic rings. The summed E-state index contributed by atoms with van der Waals surface area (Å²) in [6.07, 6.45) is 2.47. The van der Waals surface area contributed by atoms with Crippen LogP contribution >= 0.6 is 11.6 Å². The van der Waals surface area contributed by atoms with Gasteiger partial charge in [0.25, 0.3) is 0 Å². The molecule has 0 aliphatic heterocycles. The summed E-state index contributed by atoms with van der Waals surface area (Å²) in [5.41, 5.74) is 0.684. The summed E-state index contributed by atoms with van der Waals surface area (Å²) in [7, 11) is 4.00. The number of aliphatic hydroxyl groups excluding tert-OH is 1. The maximum Gasteiger partial charge on any atom is 0.0993 e. The quantitative estimate of drug-likeness (QED) is 0.706. The Morgan fingerprint density at radius 2 is 2.21 bits per heavy atom. The molecule has 0 radical (unpaired) electrons. The maximum absolute atomic E-state index is 10.2. The average molecular weight is 290 g/mol. The van der Waals surface area contributed by atoms with Gasteiger partial charge in [0, 0.05) is 26.2 Å². The van der Waals surface area contributed by atoms with E-state index in [-0.39, 0.29) is 0 Å². The topological polar surface area (TPSA) is 50.5 Å². The summed E-state index contributed by atoms with van der Waals surface area (Å²) < 4.78 is 7.16. The minimum absolute atomic E-state index is 0.516. The third-order valence-electron chi connectivity index (χ3n) is 2.79. The summed E-state index contributed by atoms with van der Waals surface area (Å²) >= 11 is 6.10. The molecular formula is C13H24ClN3O2. The van der Waals surface area contributed by atoms with Crippen molar-refractivity contribution in [2.45, 2.75) is 32.4 Å². The molecule has 0 aliphatic rings. The van der Waals surface area contributed by atoms with Gasteiger partial charge in [-0.15, -0.1) is 0 Å². The van der Waals surface area contributed by atoms with Crippen molar-refractivity contribution in [1.29, 1.82) is 0 Å². The van der Waals surface area contributed by atoms with E-state index in [1.165, 1.54) is 0 Å². The number of nitrogens with zero attached hydrogens (tertiary/aromatic N) is 3. The zero-order chi connectivity index (χ0) is 14.3. The van der Waals surface area contributed by atoms with Gasteiger partial charge in [0.15, 0.2) is 0 Å². The number of hydrogen-bond donors (Lipinski definition) is 1. The van der Waals surface area contributed by atoms with E-state index in [4.69, 9.17) is 16.3 Å². The molecule has 0 bridgehead atoms. The molecule has 6 heteroatoms. The van der Waals surface area contributed by atoms with Gasteiger partial charge in [-0.3, -0.25) is 4.68 Å². The van der Waals surface area contributed by atoms with E-state index in [1.54, 1.807) is 10.9 Å². The van der Waals surface area contributed by atoms with Crippen molar-refractivity contribution < 1.29 is 9.84 Å². The fraction of sp³-hybridized carbons (Fsp3) is 0.769. The molecule has 1 N–H and O–H groups in total. The molecule has 110 valence electrons. The normalized spacial score (nSPS) is 13.2. The van der Waals surface area contributed by atoms with Crippen molar-refractivity contribution in [2.75, 3.05) is 33.9 Å². The van der Waals surface area contributed by atoms with Gasteiger partial charge in [-0.05, 0) is 20.5 Å². The highest BCUT2D eigenvalue weighted by atomic mass is 35.5. The molecule has 0 spiro atoms. The van der Waals surface area contributed by atoms with E-state index in [2.05, 4.69) is 16.9 Å². The molecule has 0 saturated carbocycles. The van der Waals surface area contributed by atoms with E-state index in [1.807, 2.05) is 14.1 Å². The molecule has 1 unspecified atom stereocenters. The van der Waals surface area contributed by atoms with Crippen LogP contribution in [0.4, 0.5) is 0 Å². The lowest BCUT2D eigenvalue weighted by Gasteiger charge is -2.16. The highest BCUT2D eigenvalue weighted by Gasteiger charge is 2.18. The van der Waals surface area contributed by atoms with Crippen LogP contribution in [-0.2, 0) is 11.3 Å². The first-order valence-electron chi connectivity index (χ1n) is 6.68. The molecule has 1 atom stereocenters. The van der Waals surface area contributed by atoms with Crippen LogP contribution < -0.4 is 0 Å². The minimum atomic E-state index is -0.631. The molecule has 0 fully saturated rings. The van der Waals surface area contributed by atoms with Gasteiger partial charge in [0.05, 0.1) is 29.6 Å². The molecule has 19 heavy (non-hydrogen) atoms. The number of likely N-dealkylation sites (N-methyl/N-ethyl adjacent to an activating group) is 1. The van der Waals surface area contributed by atoms with Crippen molar-refractivity contribution in [3.63, 3.8) is 0 Å². The lowest BCUT2D eigenvalue weighted by Crippen LogP contribution is -2.21. The van der Waals surface area contributed by atoms with Crippen molar-refractivity contribution in [2.24, 2.45) is 0 Å². The Morgan fingerprint density at radius 1 is 1.47 bits per heavy atom. The lowest BCUT2D eigenvalue weighted by atomic mass is 10.2. The first-order chi connectivity index (χ1) is 9.06. The number of aliphatic hydroxyl groups is 1. The molecular weight excluding hydrogens is 266 g/mol. The van der Waals surface area contributed by atoms with Gasteiger partial charge in [-0.25, -0.2) is 0 Å².